The summed E-state index contributed by atoms with van der Waals surface area (Å²) in [7, 11) is 0. The van der Waals surface area contributed by atoms with Crippen LogP contribution in [0.3, 0.4) is 0 Å². The highest BCUT2D eigenvalue weighted by Gasteiger charge is 2.30. The third-order valence-electron chi connectivity index (χ3n) is 3.09. The van der Waals surface area contributed by atoms with Gasteiger partial charge in [0.15, 0.2) is 0 Å². The van der Waals surface area contributed by atoms with E-state index in [9.17, 15) is 13.2 Å². The van der Waals surface area contributed by atoms with Gasteiger partial charge in [-0.1, -0.05) is 18.6 Å². The summed E-state index contributed by atoms with van der Waals surface area (Å²) in [5.74, 6) is 0.339. The number of allylic oxidation sites excluding steroid dienone is 2. The van der Waals surface area contributed by atoms with Gasteiger partial charge in [-0.15, -0.1) is 0 Å². The van der Waals surface area contributed by atoms with Crippen LogP contribution >= 0.6 is 0 Å². The molecule has 0 saturated heterocycles. The molecule has 1 fully saturated rings. The molecule has 2 atom stereocenters. The molecule has 0 amide bonds. The van der Waals surface area contributed by atoms with Crippen LogP contribution in [0, 0.1) is 5.92 Å². The zero-order valence-electron chi connectivity index (χ0n) is 9.81. The second-order valence-corrected chi connectivity index (χ2v) is 4.44. The Kier molecular flexibility index (Phi) is 4.84. The van der Waals surface area contributed by atoms with E-state index in [2.05, 4.69) is 13.0 Å². The van der Waals surface area contributed by atoms with Crippen molar-refractivity contribution in [1.82, 2.24) is 0 Å². The first-order valence-electron chi connectivity index (χ1n) is 5.76. The normalized spacial score (nSPS) is 30.4. The molecule has 1 aliphatic carbocycles. The Labute approximate surface area is 94.7 Å². The third-order valence-corrected chi connectivity index (χ3v) is 3.09. The average molecular weight is 236 g/mol. The Morgan fingerprint density at radius 3 is 2.69 bits per heavy atom. The lowest BCUT2D eigenvalue weighted by Crippen LogP contribution is -2.24. The fourth-order valence-corrected chi connectivity index (χ4v) is 2.24. The van der Waals surface area contributed by atoms with Gasteiger partial charge in [0.2, 0.25) is 0 Å². The molecule has 0 aromatic carbocycles. The summed E-state index contributed by atoms with van der Waals surface area (Å²) >= 11 is 0. The predicted octanol–water partition coefficient (Wildman–Crippen LogP) is 4.09. The van der Waals surface area contributed by atoms with Crippen LogP contribution in [0.1, 0.15) is 39.5 Å². The molecule has 1 rings (SSSR count). The van der Waals surface area contributed by atoms with Crippen molar-refractivity contribution in [3.05, 3.63) is 11.6 Å². The monoisotopic (exact) mass is 236 g/mol. The highest BCUT2D eigenvalue weighted by Crippen LogP contribution is 2.30. The molecule has 1 nitrogen and oxygen atoms in total. The minimum Gasteiger partial charge on any atom is -0.369 e. The van der Waals surface area contributed by atoms with Crippen LogP contribution in [0.5, 0.6) is 0 Å². The molecule has 0 N–H and O–H groups in total. The zero-order valence-corrected chi connectivity index (χ0v) is 9.81. The van der Waals surface area contributed by atoms with E-state index in [1.165, 1.54) is 5.57 Å². The lowest BCUT2D eigenvalue weighted by atomic mass is 9.95. The third kappa shape index (κ3) is 4.56. The number of rotatable bonds is 2. The van der Waals surface area contributed by atoms with Gasteiger partial charge in [-0.3, -0.25) is 0 Å². The van der Waals surface area contributed by atoms with E-state index in [4.69, 9.17) is 4.74 Å². The summed E-state index contributed by atoms with van der Waals surface area (Å²) < 4.78 is 41.0. The van der Waals surface area contributed by atoms with Gasteiger partial charge in [0.05, 0.1) is 6.10 Å². The summed E-state index contributed by atoms with van der Waals surface area (Å²) in [6.45, 7) is 2.93. The molecule has 0 spiro atoms. The molecule has 16 heavy (non-hydrogen) atoms. The Balaban J connectivity index is 2.45. The smallest absolute Gasteiger partial charge is 0.369 e. The molecular formula is C12H19F3O. The average Bonchev–Trinajstić information content (AvgIpc) is 2.35. The van der Waals surface area contributed by atoms with E-state index >= 15 is 0 Å². The molecule has 94 valence electrons. The lowest BCUT2D eigenvalue weighted by molar-refractivity contribution is -0.186. The SMILES string of the molecule is C/C=C1/CCCC(OCC(F)(F)F)CC1C. The van der Waals surface area contributed by atoms with Crippen LogP contribution in [0.15, 0.2) is 11.6 Å². The van der Waals surface area contributed by atoms with Gasteiger partial charge >= 0.3 is 6.18 Å². The van der Waals surface area contributed by atoms with Gasteiger partial charge in [-0.25, -0.2) is 0 Å². The zero-order chi connectivity index (χ0) is 12.2. The molecule has 1 saturated carbocycles. The maximum atomic E-state index is 12.0. The summed E-state index contributed by atoms with van der Waals surface area (Å²) in [5, 5.41) is 0. The van der Waals surface area contributed by atoms with Crippen molar-refractivity contribution in [2.24, 2.45) is 5.92 Å². The first-order chi connectivity index (χ1) is 7.42. The first-order valence-corrected chi connectivity index (χ1v) is 5.76. The maximum Gasteiger partial charge on any atom is 0.411 e. The minimum atomic E-state index is -4.21. The van der Waals surface area contributed by atoms with Gasteiger partial charge in [0, 0.05) is 0 Å². The van der Waals surface area contributed by atoms with Crippen LogP contribution in [0.2, 0.25) is 0 Å². The first kappa shape index (κ1) is 13.6. The van der Waals surface area contributed by atoms with Crippen molar-refractivity contribution in [3.63, 3.8) is 0 Å². The summed E-state index contributed by atoms with van der Waals surface area (Å²) in [4.78, 5) is 0. The van der Waals surface area contributed by atoms with Crippen LogP contribution in [-0.4, -0.2) is 18.9 Å². The molecule has 1 aliphatic rings. The fraction of sp³-hybridized carbons (Fsp3) is 0.833. The van der Waals surface area contributed by atoms with E-state index in [0.717, 1.165) is 19.3 Å². The van der Waals surface area contributed by atoms with Crippen molar-refractivity contribution >= 4 is 0 Å². The largest absolute Gasteiger partial charge is 0.411 e. The van der Waals surface area contributed by atoms with E-state index in [-0.39, 0.29) is 6.10 Å². The Bertz CT molecular complexity index is 245. The van der Waals surface area contributed by atoms with Gasteiger partial charge < -0.3 is 4.74 Å². The molecule has 0 radical (unpaired) electrons. The standard InChI is InChI=1S/C12H19F3O/c1-3-10-5-4-6-11(7-9(10)2)16-8-12(13,14)15/h3,9,11H,4-8H2,1-2H3/b10-3-. The molecule has 4 heteroatoms. The minimum absolute atomic E-state index is 0.242. The van der Waals surface area contributed by atoms with Crippen LogP contribution < -0.4 is 0 Å². The number of ether oxygens (including phenoxy) is 1. The van der Waals surface area contributed by atoms with Gasteiger partial charge in [0.1, 0.15) is 6.61 Å². The van der Waals surface area contributed by atoms with Gasteiger partial charge in [-0.2, -0.15) is 13.2 Å². The second-order valence-electron chi connectivity index (χ2n) is 4.44. The molecule has 0 bridgehead atoms. The van der Waals surface area contributed by atoms with E-state index in [1.807, 2.05) is 6.92 Å². The van der Waals surface area contributed by atoms with Crippen molar-refractivity contribution in [3.8, 4) is 0 Å². The number of halogens is 3. The highest BCUT2D eigenvalue weighted by molar-refractivity contribution is 5.06. The molecular weight excluding hydrogens is 217 g/mol. The second kappa shape index (κ2) is 5.71. The Hall–Kier alpha value is -0.510. The highest BCUT2D eigenvalue weighted by atomic mass is 19.4. The number of hydrogen-bond acceptors (Lipinski definition) is 1. The van der Waals surface area contributed by atoms with Crippen LogP contribution in [0.25, 0.3) is 0 Å². The van der Waals surface area contributed by atoms with Crippen LogP contribution in [-0.2, 0) is 4.74 Å². The topological polar surface area (TPSA) is 9.23 Å². The summed E-state index contributed by atoms with van der Waals surface area (Å²) in [5.41, 5.74) is 1.35. The van der Waals surface area contributed by atoms with E-state index in [1.54, 1.807) is 0 Å². The number of hydrogen-bond donors (Lipinski definition) is 0. The summed E-state index contributed by atoms with van der Waals surface area (Å²) in [6.07, 6.45) is 0.980. The fourth-order valence-electron chi connectivity index (χ4n) is 2.24. The van der Waals surface area contributed by atoms with Crippen molar-refractivity contribution in [2.75, 3.05) is 6.61 Å². The van der Waals surface area contributed by atoms with Crippen LogP contribution in [0.4, 0.5) is 13.2 Å². The summed E-state index contributed by atoms with van der Waals surface area (Å²) in [6, 6.07) is 0. The molecule has 0 aromatic rings. The maximum absolute atomic E-state index is 12.0. The molecule has 0 aliphatic heterocycles. The van der Waals surface area contributed by atoms with Gasteiger partial charge in [-0.05, 0) is 38.5 Å². The lowest BCUT2D eigenvalue weighted by Gasteiger charge is -2.19. The van der Waals surface area contributed by atoms with E-state index in [0.29, 0.717) is 12.3 Å². The van der Waals surface area contributed by atoms with E-state index < -0.39 is 12.8 Å². The quantitative estimate of drug-likeness (QED) is 0.518. The number of alkyl halides is 3. The van der Waals surface area contributed by atoms with Gasteiger partial charge in [0.25, 0.3) is 0 Å². The van der Waals surface area contributed by atoms with Crippen molar-refractivity contribution in [1.29, 1.82) is 0 Å². The predicted molar refractivity (Wildman–Crippen MR) is 57.2 cm³/mol. The van der Waals surface area contributed by atoms with Crippen molar-refractivity contribution < 1.29 is 17.9 Å². The molecule has 2 unspecified atom stereocenters. The van der Waals surface area contributed by atoms with Crippen molar-refractivity contribution in [2.45, 2.75) is 51.8 Å². The molecule has 0 heterocycles. The Morgan fingerprint density at radius 2 is 2.12 bits per heavy atom. The Morgan fingerprint density at radius 1 is 1.44 bits per heavy atom. The molecule has 0 aromatic heterocycles.